The minimum absolute atomic E-state index is 1.11. The van der Waals surface area contributed by atoms with Gasteiger partial charge in [-0.3, -0.25) is 0 Å². The molecule has 0 aliphatic rings. The van der Waals surface area contributed by atoms with Gasteiger partial charge in [0.05, 0.1) is 0 Å². The summed E-state index contributed by atoms with van der Waals surface area (Å²) in [5.74, 6) is 0. The van der Waals surface area contributed by atoms with E-state index >= 15 is 0 Å². The third kappa shape index (κ3) is 13.5. The highest BCUT2D eigenvalue weighted by Crippen LogP contribution is 2.09. The van der Waals surface area contributed by atoms with Gasteiger partial charge in [0.2, 0.25) is 0 Å². The first-order valence-corrected chi connectivity index (χ1v) is 6.81. The lowest BCUT2D eigenvalue weighted by atomic mass is 10.1. The van der Waals surface area contributed by atoms with Gasteiger partial charge in [0, 0.05) is 0 Å². The van der Waals surface area contributed by atoms with Crippen LogP contribution < -0.4 is 0 Å². The molecule has 0 amide bonds. The van der Waals surface area contributed by atoms with E-state index in [1.807, 2.05) is 0 Å². The highest BCUT2D eigenvalue weighted by atomic mass is 14.0. The molecular weight excluding hydrogens is 180 g/mol. The summed E-state index contributed by atoms with van der Waals surface area (Å²) in [5, 5.41) is 0. The van der Waals surface area contributed by atoms with Gasteiger partial charge < -0.3 is 0 Å². The van der Waals surface area contributed by atoms with Crippen molar-refractivity contribution < 1.29 is 0 Å². The molecule has 0 aromatic heterocycles. The minimum Gasteiger partial charge on any atom is -0.130 e. The van der Waals surface area contributed by atoms with Crippen LogP contribution >= 0.6 is 0 Å². The molecule has 88 valence electrons. The topological polar surface area (TPSA) is 0 Å². The summed E-state index contributed by atoms with van der Waals surface area (Å²) < 4.78 is 0. The number of allylic oxidation sites excluding steroid dienone is 1. The Bertz CT molecular complexity index is 161. The second-order valence-corrected chi connectivity index (χ2v) is 4.25. The molecule has 0 aromatic carbocycles. The number of rotatable bonds is 10. The van der Waals surface area contributed by atoms with Crippen molar-refractivity contribution in [2.24, 2.45) is 0 Å². The maximum Gasteiger partial charge on any atom is -0.0274 e. The fourth-order valence-electron chi connectivity index (χ4n) is 1.66. The van der Waals surface area contributed by atoms with E-state index in [2.05, 4.69) is 31.7 Å². The zero-order chi connectivity index (χ0) is 11.2. The van der Waals surface area contributed by atoms with Crippen molar-refractivity contribution in [3.05, 3.63) is 17.9 Å². The zero-order valence-electron chi connectivity index (χ0n) is 10.7. The van der Waals surface area contributed by atoms with Crippen LogP contribution in [0, 0.1) is 0 Å². The Morgan fingerprint density at radius 2 is 1.33 bits per heavy atom. The van der Waals surface area contributed by atoms with Gasteiger partial charge in [-0.15, -0.1) is 5.73 Å². The first-order chi connectivity index (χ1) is 7.41. The summed E-state index contributed by atoms with van der Waals surface area (Å²) in [5.41, 5.74) is 3.20. The summed E-state index contributed by atoms with van der Waals surface area (Å²) in [6.45, 7) is 4.42. The van der Waals surface area contributed by atoms with Crippen LogP contribution in [-0.4, -0.2) is 0 Å². The number of hydrogen-bond donors (Lipinski definition) is 0. The van der Waals surface area contributed by atoms with Gasteiger partial charge in [-0.2, -0.15) is 0 Å². The van der Waals surface area contributed by atoms with E-state index in [4.69, 9.17) is 0 Å². The molecule has 0 rings (SSSR count). The molecule has 0 saturated carbocycles. The van der Waals surface area contributed by atoms with Crippen molar-refractivity contribution in [2.75, 3.05) is 0 Å². The lowest BCUT2D eigenvalue weighted by Crippen LogP contribution is -1.79. The summed E-state index contributed by atoms with van der Waals surface area (Å²) in [6, 6.07) is 0. The van der Waals surface area contributed by atoms with Gasteiger partial charge in [-0.05, 0) is 31.4 Å². The van der Waals surface area contributed by atoms with Crippen LogP contribution in [0.3, 0.4) is 0 Å². The van der Waals surface area contributed by atoms with E-state index in [0.29, 0.717) is 0 Å². The predicted molar refractivity (Wildman–Crippen MR) is 70.2 cm³/mol. The van der Waals surface area contributed by atoms with E-state index < -0.39 is 0 Å². The van der Waals surface area contributed by atoms with Crippen LogP contribution in [0.5, 0.6) is 0 Å². The van der Waals surface area contributed by atoms with E-state index in [0.717, 1.165) is 6.42 Å². The average Bonchev–Trinajstić information content (AvgIpc) is 2.26. The molecule has 0 unspecified atom stereocenters. The second-order valence-electron chi connectivity index (χ2n) is 4.25. The van der Waals surface area contributed by atoms with Gasteiger partial charge in [-0.25, -0.2) is 0 Å². The van der Waals surface area contributed by atoms with Crippen LogP contribution in [0.25, 0.3) is 0 Å². The van der Waals surface area contributed by atoms with E-state index in [1.165, 1.54) is 57.8 Å². The Hall–Kier alpha value is -0.480. The monoisotopic (exact) mass is 208 g/mol. The van der Waals surface area contributed by atoms with Crippen molar-refractivity contribution in [3.63, 3.8) is 0 Å². The molecule has 0 radical (unpaired) electrons. The fraction of sp³-hybridized carbons (Fsp3) is 0.800. The SMILES string of the molecule is CCC=C=CCCCCCCCCCC. The normalized spacial score (nSPS) is 9.73. The molecule has 0 atom stereocenters. The van der Waals surface area contributed by atoms with Crippen LogP contribution in [0.2, 0.25) is 0 Å². The van der Waals surface area contributed by atoms with Gasteiger partial charge >= 0.3 is 0 Å². The molecule has 0 saturated heterocycles. The highest BCUT2D eigenvalue weighted by molar-refractivity contribution is 4.83. The summed E-state index contributed by atoms with van der Waals surface area (Å²) in [4.78, 5) is 0. The van der Waals surface area contributed by atoms with Gasteiger partial charge in [0.15, 0.2) is 0 Å². The Kier molecular flexibility index (Phi) is 13.1. The zero-order valence-corrected chi connectivity index (χ0v) is 10.7. The Labute approximate surface area is 96.5 Å². The third-order valence-corrected chi connectivity index (χ3v) is 2.64. The van der Waals surface area contributed by atoms with Crippen LogP contribution in [0.4, 0.5) is 0 Å². The maximum absolute atomic E-state index is 3.20. The Morgan fingerprint density at radius 1 is 0.733 bits per heavy atom. The molecule has 0 fully saturated rings. The quantitative estimate of drug-likeness (QED) is 0.322. The largest absolute Gasteiger partial charge is 0.130 e. The summed E-state index contributed by atoms with van der Waals surface area (Å²) in [7, 11) is 0. The first kappa shape index (κ1) is 14.5. The lowest BCUT2D eigenvalue weighted by molar-refractivity contribution is 0.577. The number of unbranched alkanes of at least 4 members (excludes halogenated alkanes) is 8. The summed E-state index contributed by atoms with van der Waals surface area (Å²) in [6.07, 6.45) is 17.9. The van der Waals surface area contributed by atoms with Crippen molar-refractivity contribution >= 4 is 0 Å². The highest BCUT2D eigenvalue weighted by Gasteiger charge is 1.89. The van der Waals surface area contributed by atoms with Crippen LogP contribution in [0.1, 0.15) is 78.1 Å². The molecule has 0 aromatic rings. The molecule has 0 spiro atoms. The molecule has 0 aliphatic heterocycles. The molecule has 0 heterocycles. The standard InChI is InChI=1S/C15H28/c1-3-5-7-9-11-13-15-14-12-10-8-6-4-2/h5,9H,3-4,6,8,10-15H2,1-2H3. The lowest BCUT2D eigenvalue weighted by Gasteiger charge is -1.99. The van der Waals surface area contributed by atoms with Crippen LogP contribution in [-0.2, 0) is 0 Å². The van der Waals surface area contributed by atoms with E-state index in [-0.39, 0.29) is 0 Å². The fourth-order valence-corrected chi connectivity index (χ4v) is 1.66. The van der Waals surface area contributed by atoms with Crippen molar-refractivity contribution in [3.8, 4) is 0 Å². The van der Waals surface area contributed by atoms with E-state index in [9.17, 15) is 0 Å². The molecule has 0 nitrogen and oxygen atoms in total. The van der Waals surface area contributed by atoms with Gasteiger partial charge in [0.1, 0.15) is 0 Å². The van der Waals surface area contributed by atoms with Gasteiger partial charge in [-0.1, -0.05) is 58.8 Å². The van der Waals surface area contributed by atoms with Crippen molar-refractivity contribution in [1.29, 1.82) is 0 Å². The molecule has 0 bridgehead atoms. The predicted octanol–water partition coefficient (Wildman–Crippen LogP) is 5.64. The second kappa shape index (κ2) is 13.5. The van der Waals surface area contributed by atoms with Crippen LogP contribution in [0.15, 0.2) is 17.9 Å². The van der Waals surface area contributed by atoms with Crippen molar-refractivity contribution in [1.82, 2.24) is 0 Å². The molecule has 0 heteroatoms. The minimum atomic E-state index is 1.11. The summed E-state index contributed by atoms with van der Waals surface area (Å²) >= 11 is 0. The maximum atomic E-state index is 3.20. The number of hydrogen-bond acceptors (Lipinski definition) is 0. The van der Waals surface area contributed by atoms with Crippen molar-refractivity contribution in [2.45, 2.75) is 78.1 Å². The molecule has 0 N–H and O–H groups in total. The van der Waals surface area contributed by atoms with Gasteiger partial charge in [0.25, 0.3) is 0 Å². The molecule has 15 heavy (non-hydrogen) atoms. The molecular formula is C15H28. The Balaban J connectivity index is 3.02. The first-order valence-electron chi connectivity index (χ1n) is 6.81. The smallest absolute Gasteiger partial charge is 0.0274 e. The average molecular weight is 208 g/mol. The molecule has 0 aliphatic carbocycles. The van der Waals surface area contributed by atoms with E-state index in [1.54, 1.807) is 0 Å². The third-order valence-electron chi connectivity index (χ3n) is 2.64. The Morgan fingerprint density at radius 3 is 1.93 bits per heavy atom.